The Kier molecular flexibility index (Phi) is 4.81. The van der Waals surface area contributed by atoms with E-state index in [-0.39, 0.29) is 12.0 Å². The van der Waals surface area contributed by atoms with Gasteiger partial charge in [-0.05, 0) is 11.6 Å². The minimum atomic E-state index is 0.131. The van der Waals surface area contributed by atoms with E-state index in [1.165, 1.54) is 5.56 Å². The molecule has 1 amide bonds. The lowest BCUT2D eigenvalue weighted by Crippen LogP contribution is -2.50. The maximum absolute atomic E-state index is 12.6. The van der Waals surface area contributed by atoms with Gasteiger partial charge in [-0.3, -0.25) is 14.4 Å². The van der Waals surface area contributed by atoms with Gasteiger partial charge in [-0.15, -0.1) is 0 Å². The highest BCUT2D eigenvalue weighted by atomic mass is 16.5. The summed E-state index contributed by atoms with van der Waals surface area (Å²) in [5.74, 6) is 0.188. The number of aromatic nitrogens is 2. The molecule has 2 saturated heterocycles. The first kappa shape index (κ1) is 16.3. The summed E-state index contributed by atoms with van der Waals surface area (Å²) in [4.78, 5) is 17.0. The van der Waals surface area contributed by atoms with Crippen LogP contribution in [0.3, 0.4) is 0 Å². The highest BCUT2D eigenvalue weighted by Crippen LogP contribution is 2.25. The predicted molar refractivity (Wildman–Crippen MR) is 93.8 cm³/mol. The second-order valence-electron chi connectivity index (χ2n) is 6.75. The molecular weight excluding hydrogens is 316 g/mol. The first-order chi connectivity index (χ1) is 12.3. The van der Waals surface area contributed by atoms with Crippen LogP contribution >= 0.6 is 0 Å². The molecule has 0 saturated carbocycles. The molecule has 0 aliphatic carbocycles. The van der Waals surface area contributed by atoms with Gasteiger partial charge in [0.2, 0.25) is 5.91 Å². The van der Waals surface area contributed by atoms with Crippen LogP contribution in [0.25, 0.3) is 0 Å². The van der Waals surface area contributed by atoms with Crippen LogP contribution < -0.4 is 0 Å². The lowest BCUT2D eigenvalue weighted by molar-refractivity contribution is -0.130. The molecule has 0 bridgehead atoms. The molecule has 4 rings (SSSR count). The highest BCUT2D eigenvalue weighted by Gasteiger charge is 2.41. The van der Waals surface area contributed by atoms with E-state index < -0.39 is 0 Å². The Morgan fingerprint density at radius 3 is 2.88 bits per heavy atom. The Morgan fingerprint density at radius 2 is 2.08 bits per heavy atom. The van der Waals surface area contributed by atoms with Crippen molar-refractivity contribution < 1.29 is 9.53 Å². The summed E-state index contributed by atoms with van der Waals surface area (Å²) in [6.45, 7) is 4.67. The van der Waals surface area contributed by atoms with Crippen molar-refractivity contribution in [1.82, 2.24) is 19.6 Å². The van der Waals surface area contributed by atoms with Crippen molar-refractivity contribution in [3.63, 3.8) is 0 Å². The average Bonchev–Trinajstić information content (AvgIpc) is 3.30. The Balaban J connectivity index is 1.36. The number of morpholine rings is 1. The molecule has 0 N–H and O–H groups in total. The Bertz CT molecular complexity index is 689. The SMILES string of the molecule is O=C(CCn1cccn1)N1C[C@@H]2OCCN(Cc3ccccc3)[C@@H]2C1. The van der Waals surface area contributed by atoms with Gasteiger partial charge in [-0.25, -0.2) is 0 Å². The summed E-state index contributed by atoms with van der Waals surface area (Å²) in [6, 6.07) is 12.7. The molecule has 1 aromatic carbocycles. The van der Waals surface area contributed by atoms with Gasteiger partial charge in [-0.1, -0.05) is 30.3 Å². The molecule has 2 aliphatic heterocycles. The summed E-state index contributed by atoms with van der Waals surface area (Å²) < 4.78 is 7.75. The van der Waals surface area contributed by atoms with E-state index >= 15 is 0 Å². The molecule has 2 atom stereocenters. The number of aryl methyl sites for hydroxylation is 1. The third-order valence-electron chi connectivity index (χ3n) is 5.11. The molecule has 6 nitrogen and oxygen atoms in total. The van der Waals surface area contributed by atoms with Gasteiger partial charge in [0.25, 0.3) is 0 Å². The number of ether oxygens (including phenoxy) is 1. The van der Waals surface area contributed by atoms with Crippen LogP contribution in [0.4, 0.5) is 0 Å². The standard InChI is InChI=1S/C19H24N4O2/c24-19(7-10-23-9-4-8-20-23)22-14-17-18(15-22)25-12-11-21(17)13-16-5-2-1-3-6-16/h1-6,8-9,17-18H,7,10-15H2/t17-,18+/m1/s1. The maximum Gasteiger partial charge on any atom is 0.224 e. The zero-order valence-corrected chi connectivity index (χ0v) is 14.3. The molecule has 132 valence electrons. The second-order valence-corrected chi connectivity index (χ2v) is 6.75. The van der Waals surface area contributed by atoms with E-state index in [0.29, 0.717) is 25.6 Å². The van der Waals surface area contributed by atoms with Crippen molar-refractivity contribution in [2.24, 2.45) is 0 Å². The topological polar surface area (TPSA) is 50.6 Å². The molecule has 2 fully saturated rings. The third kappa shape index (κ3) is 3.75. The van der Waals surface area contributed by atoms with Gasteiger partial charge in [-0.2, -0.15) is 5.10 Å². The van der Waals surface area contributed by atoms with Gasteiger partial charge < -0.3 is 9.64 Å². The first-order valence-electron chi connectivity index (χ1n) is 8.94. The number of fused-ring (bicyclic) bond motifs is 1. The largest absolute Gasteiger partial charge is 0.373 e. The summed E-state index contributed by atoms with van der Waals surface area (Å²) in [5, 5.41) is 4.16. The van der Waals surface area contributed by atoms with E-state index in [1.807, 2.05) is 23.2 Å². The van der Waals surface area contributed by atoms with Crippen molar-refractivity contribution in [1.29, 1.82) is 0 Å². The minimum Gasteiger partial charge on any atom is -0.373 e. The molecule has 0 unspecified atom stereocenters. The Labute approximate surface area is 148 Å². The van der Waals surface area contributed by atoms with Crippen molar-refractivity contribution in [3.8, 4) is 0 Å². The molecule has 0 radical (unpaired) electrons. The van der Waals surface area contributed by atoms with E-state index in [4.69, 9.17) is 4.74 Å². The average molecular weight is 340 g/mol. The number of nitrogens with zero attached hydrogens (tertiary/aromatic N) is 4. The minimum absolute atomic E-state index is 0.131. The van der Waals surface area contributed by atoms with Crippen molar-refractivity contribution >= 4 is 5.91 Å². The fraction of sp³-hybridized carbons (Fsp3) is 0.474. The van der Waals surface area contributed by atoms with Gasteiger partial charge in [0.05, 0.1) is 18.8 Å². The van der Waals surface area contributed by atoms with Crippen LogP contribution in [-0.4, -0.2) is 63.9 Å². The van der Waals surface area contributed by atoms with E-state index in [0.717, 1.165) is 26.2 Å². The number of hydrogen-bond acceptors (Lipinski definition) is 4. The predicted octanol–water partition coefficient (Wildman–Crippen LogP) is 1.38. The molecule has 2 aliphatic rings. The van der Waals surface area contributed by atoms with Crippen molar-refractivity contribution in [3.05, 3.63) is 54.4 Å². The van der Waals surface area contributed by atoms with Crippen LogP contribution in [-0.2, 0) is 22.6 Å². The van der Waals surface area contributed by atoms with Crippen molar-refractivity contribution in [2.75, 3.05) is 26.2 Å². The van der Waals surface area contributed by atoms with Crippen LogP contribution in [0.2, 0.25) is 0 Å². The van der Waals surface area contributed by atoms with Crippen LogP contribution in [0.5, 0.6) is 0 Å². The fourth-order valence-electron chi connectivity index (χ4n) is 3.78. The Hall–Kier alpha value is -2.18. The second kappa shape index (κ2) is 7.37. The summed E-state index contributed by atoms with van der Waals surface area (Å²) in [5.41, 5.74) is 1.31. The van der Waals surface area contributed by atoms with E-state index in [9.17, 15) is 4.79 Å². The number of carbonyl (C=O) groups excluding carboxylic acids is 1. The van der Waals surface area contributed by atoms with E-state index in [2.05, 4.69) is 34.3 Å². The number of carbonyl (C=O) groups is 1. The molecule has 2 aromatic rings. The Morgan fingerprint density at radius 1 is 1.20 bits per heavy atom. The quantitative estimate of drug-likeness (QED) is 0.825. The molecular formula is C19H24N4O2. The lowest BCUT2D eigenvalue weighted by atomic mass is 10.1. The van der Waals surface area contributed by atoms with Gasteiger partial charge in [0.1, 0.15) is 0 Å². The van der Waals surface area contributed by atoms with Gasteiger partial charge >= 0.3 is 0 Å². The van der Waals surface area contributed by atoms with Crippen LogP contribution in [0, 0.1) is 0 Å². The number of rotatable bonds is 5. The number of benzene rings is 1. The maximum atomic E-state index is 12.6. The molecule has 6 heteroatoms. The summed E-state index contributed by atoms with van der Waals surface area (Å²) >= 11 is 0. The number of likely N-dealkylation sites (tertiary alicyclic amines) is 1. The highest BCUT2D eigenvalue weighted by molar-refractivity contribution is 5.76. The number of amides is 1. The molecule has 1 aromatic heterocycles. The van der Waals surface area contributed by atoms with Crippen LogP contribution in [0.15, 0.2) is 48.8 Å². The summed E-state index contributed by atoms with van der Waals surface area (Å²) in [7, 11) is 0. The lowest BCUT2D eigenvalue weighted by Gasteiger charge is -2.36. The number of hydrogen-bond donors (Lipinski definition) is 0. The smallest absolute Gasteiger partial charge is 0.224 e. The zero-order chi connectivity index (χ0) is 17.1. The molecule has 25 heavy (non-hydrogen) atoms. The van der Waals surface area contributed by atoms with Crippen LogP contribution in [0.1, 0.15) is 12.0 Å². The van der Waals surface area contributed by atoms with E-state index in [1.54, 1.807) is 10.9 Å². The first-order valence-corrected chi connectivity index (χ1v) is 8.94. The zero-order valence-electron chi connectivity index (χ0n) is 14.3. The van der Waals surface area contributed by atoms with Crippen molar-refractivity contribution in [2.45, 2.75) is 31.7 Å². The van der Waals surface area contributed by atoms with Gasteiger partial charge in [0.15, 0.2) is 0 Å². The normalized spacial score (nSPS) is 23.6. The third-order valence-corrected chi connectivity index (χ3v) is 5.11. The monoisotopic (exact) mass is 340 g/mol. The fourth-order valence-corrected chi connectivity index (χ4v) is 3.78. The molecule has 0 spiro atoms. The van der Waals surface area contributed by atoms with Gasteiger partial charge in [0, 0.05) is 51.5 Å². The summed E-state index contributed by atoms with van der Waals surface area (Å²) in [6.07, 6.45) is 4.25. The molecule has 3 heterocycles.